The number of esters is 2. The summed E-state index contributed by atoms with van der Waals surface area (Å²) in [5.74, 6) is 0.323. The van der Waals surface area contributed by atoms with E-state index in [0.29, 0.717) is 37.2 Å². The Hall–Kier alpha value is -3.02. The van der Waals surface area contributed by atoms with Gasteiger partial charge in [0.15, 0.2) is 0 Å². The Balaban J connectivity index is 0. The lowest BCUT2D eigenvalue weighted by Gasteiger charge is -2.28. The molecule has 6 heteroatoms. The third-order valence-electron chi connectivity index (χ3n) is 7.26. The van der Waals surface area contributed by atoms with Crippen molar-refractivity contribution in [3.63, 3.8) is 0 Å². The van der Waals surface area contributed by atoms with E-state index in [0.717, 1.165) is 33.4 Å². The number of hydrogen-bond donors (Lipinski definition) is 2. The number of phenolic OH excluding ortho intramolecular Hbond substituents is 2. The van der Waals surface area contributed by atoms with Gasteiger partial charge in [-0.15, -0.1) is 0 Å². The van der Waals surface area contributed by atoms with E-state index >= 15 is 0 Å². The molecule has 0 unspecified atom stereocenters. The molecule has 0 atom stereocenters. The lowest BCUT2D eigenvalue weighted by atomic mass is 9.78. The van der Waals surface area contributed by atoms with Crippen LogP contribution in [0.15, 0.2) is 24.3 Å². The molecule has 0 heterocycles. The van der Waals surface area contributed by atoms with Gasteiger partial charge in [0, 0.05) is 12.8 Å². The zero-order valence-corrected chi connectivity index (χ0v) is 28.7. The Morgan fingerprint density at radius 1 is 0.523 bits per heavy atom. The van der Waals surface area contributed by atoms with E-state index in [4.69, 9.17) is 9.47 Å². The summed E-state index contributed by atoms with van der Waals surface area (Å²) in [6, 6.07) is 8.03. The van der Waals surface area contributed by atoms with Crippen LogP contribution in [0, 0.1) is 0 Å². The molecule has 0 aliphatic carbocycles. The standard InChI is InChI=1S/2C18H28O3.2CH4/c2*1-17(2,3)13-10-12(8-9-15(19)21-7)11-14(16(13)20)18(4,5)6;;/h2*10-11,20H,8-9H2,1-7H3;2*1H4. The Morgan fingerprint density at radius 2 is 0.727 bits per heavy atom. The first-order chi connectivity index (χ1) is 18.9. The smallest absolute Gasteiger partial charge is 0.305 e. The molecule has 252 valence electrons. The predicted molar refractivity (Wildman–Crippen MR) is 185 cm³/mol. The maximum absolute atomic E-state index is 11.3. The Bertz CT molecular complexity index is 1060. The predicted octanol–water partition coefficient (Wildman–Crippen LogP) is 9.46. The van der Waals surface area contributed by atoms with Crippen LogP contribution in [-0.2, 0) is 53.6 Å². The zero-order valence-electron chi connectivity index (χ0n) is 28.7. The monoisotopic (exact) mass is 616 g/mol. The molecule has 2 aromatic rings. The first-order valence-corrected chi connectivity index (χ1v) is 14.8. The van der Waals surface area contributed by atoms with Gasteiger partial charge in [0.25, 0.3) is 0 Å². The van der Waals surface area contributed by atoms with Gasteiger partial charge >= 0.3 is 11.9 Å². The van der Waals surface area contributed by atoms with E-state index in [2.05, 4.69) is 83.1 Å². The number of benzene rings is 2. The Labute approximate surface area is 269 Å². The number of carbonyl (C=O) groups is 2. The molecular weight excluding hydrogens is 552 g/mol. The van der Waals surface area contributed by atoms with Crippen molar-refractivity contribution in [2.24, 2.45) is 0 Å². The SMILES string of the molecule is C.C.COC(=O)CCc1cc(C(C)(C)C)c(O)c(C(C)(C)C)c1.COC(=O)CCc1cc(C(C)(C)C)c(O)c(C(C)(C)C)c1. The summed E-state index contributed by atoms with van der Waals surface area (Å²) in [6.07, 6.45) is 1.96. The topological polar surface area (TPSA) is 93.1 Å². The van der Waals surface area contributed by atoms with Crippen LogP contribution in [0.5, 0.6) is 11.5 Å². The van der Waals surface area contributed by atoms with E-state index in [9.17, 15) is 19.8 Å². The highest BCUT2D eigenvalue weighted by molar-refractivity contribution is 5.70. The van der Waals surface area contributed by atoms with E-state index in [1.807, 2.05) is 24.3 Å². The highest BCUT2D eigenvalue weighted by atomic mass is 16.5. The molecule has 2 N–H and O–H groups in total. The average Bonchev–Trinajstić information content (AvgIpc) is 2.84. The minimum absolute atomic E-state index is 0. The van der Waals surface area contributed by atoms with Crippen molar-refractivity contribution in [1.82, 2.24) is 0 Å². The van der Waals surface area contributed by atoms with E-state index in [-0.39, 0.29) is 48.5 Å². The maximum atomic E-state index is 11.3. The summed E-state index contributed by atoms with van der Waals surface area (Å²) in [5.41, 5.74) is 5.24. The first kappa shape index (κ1) is 43.1. The van der Waals surface area contributed by atoms with Crippen LogP contribution in [0.1, 0.15) is 144 Å². The number of ether oxygens (including phenoxy) is 2. The average molecular weight is 617 g/mol. The molecule has 44 heavy (non-hydrogen) atoms. The minimum atomic E-state index is -0.210. The van der Waals surface area contributed by atoms with Crippen LogP contribution in [0.2, 0.25) is 0 Å². The van der Waals surface area contributed by atoms with Crippen LogP contribution in [-0.4, -0.2) is 36.4 Å². The first-order valence-electron chi connectivity index (χ1n) is 14.8. The van der Waals surface area contributed by atoms with Crippen LogP contribution < -0.4 is 0 Å². The quantitative estimate of drug-likeness (QED) is 0.314. The van der Waals surface area contributed by atoms with Gasteiger partial charge in [0.2, 0.25) is 0 Å². The summed E-state index contributed by atoms with van der Waals surface area (Å²) in [6.45, 7) is 25.0. The van der Waals surface area contributed by atoms with Gasteiger partial charge in [-0.1, -0.05) is 122 Å². The van der Waals surface area contributed by atoms with Crippen LogP contribution in [0.25, 0.3) is 0 Å². The Kier molecular flexibility index (Phi) is 16.0. The molecule has 0 aliphatic rings. The zero-order chi connectivity index (χ0) is 32.8. The molecule has 0 aromatic heterocycles. The molecule has 0 bridgehead atoms. The van der Waals surface area contributed by atoms with Crippen molar-refractivity contribution in [1.29, 1.82) is 0 Å². The highest BCUT2D eigenvalue weighted by Gasteiger charge is 2.28. The molecule has 0 radical (unpaired) electrons. The molecule has 0 amide bonds. The molecule has 0 aliphatic heterocycles. The summed E-state index contributed by atoms with van der Waals surface area (Å²) in [7, 11) is 2.81. The van der Waals surface area contributed by atoms with Crippen LogP contribution in [0.3, 0.4) is 0 Å². The summed E-state index contributed by atoms with van der Waals surface area (Å²) >= 11 is 0. The van der Waals surface area contributed by atoms with E-state index < -0.39 is 0 Å². The minimum Gasteiger partial charge on any atom is -0.507 e. The largest absolute Gasteiger partial charge is 0.507 e. The number of rotatable bonds is 6. The molecule has 0 spiro atoms. The fourth-order valence-electron chi connectivity index (χ4n) is 4.66. The molecule has 2 rings (SSSR count). The number of hydrogen-bond acceptors (Lipinski definition) is 6. The number of aryl methyl sites for hydroxylation is 2. The number of aromatic hydroxyl groups is 2. The lowest BCUT2D eigenvalue weighted by Crippen LogP contribution is -2.18. The van der Waals surface area contributed by atoms with Crippen LogP contribution >= 0.6 is 0 Å². The van der Waals surface area contributed by atoms with Crippen molar-refractivity contribution < 1.29 is 29.3 Å². The molecular formula is C38H64O6. The fourth-order valence-corrected chi connectivity index (χ4v) is 4.66. The van der Waals surface area contributed by atoms with Gasteiger partial charge in [-0.3, -0.25) is 9.59 Å². The van der Waals surface area contributed by atoms with Gasteiger partial charge in [-0.05, 0) is 67.9 Å². The van der Waals surface area contributed by atoms with Crippen molar-refractivity contribution in [2.45, 2.75) is 145 Å². The third kappa shape index (κ3) is 12.5. The van der Waals surface area contributed by atoms with Crippen molar-refractivity contribution in [3.8, 4) is 11.5 Å². The summed E-state index contributed by atoms with van der Waals surface area (Å²) in [4.78, 5) is 22.7. The van der Waals surface area contributed by atoms with Gasteiger partial charge in [-0.2, -0.15) is 0 Å². The second-order valence-corrected chi connectivity index (χ2v) is 15.2. The maximum Gasteiger partial charge on any atom is 0.305 e. The third-order valence-corrected chi connectivity index (χ3v) is 7.26. The second-order valence-electron chi connectivity index (χ2n) is 15.2. The normalized spacial score (nSPS) is 11.8. The number of phenols is 2. The Morgan fingerprint density at radius 3 is 0.886 bits per heavy atom. The van der Waals surface area contributed by atoms with Crippen molar-refractivity contribution in [3.05, 3.63) is 57.6 Å². The van der Waals surface area contributed by atoms with Crippen molar-refractivity contribution >= 4 is 11.9 Å². The van der Waals surface area contributed by atoms with Gasteiger partial charge in [0.05, 0.1) is 14.2 Å². The van der Waals surface area contributed by atoms with Crippen LogP contribution in [0.4, 0.5) is 0 Å². The molecule has 0 saturated carbocycles. The second kappa shape index (κ2) is 16.3. The summed E-state index contributed by atoms with van der Waals surface area (Å²) < 4.78 is 9.40. The van der Waals surface area contributed by atoms with Gasteiger partial charge in [0.1, 0.15) is 11.5 Å². The molecule has 6 nitrogen and oxygen atoms in total. The highest BCUT2D eigenvalue weighted by Crippen LogP contribution is 2.41. The van der Waals surface area contributed by atoms with Crippen molar-refractivity contribution in [2.75, 3.05) is 14.2 Å². The van der Waals surface area contributed by atoms with Gasteiger partial charge < -0.3 is 19.7 Å². The summed E-state index contributed by atoms with van der Waals surface area (Å²) in [5, 5.41) is 21.2. The number of methoxy groups -OCH3 is 2. The van der Waals surface area contributed by atoms with Gasteiger partial charge in [-0.25, -0.2) is 0 Å². The molecule has 0 saturated heterocycles. The lowest BCUT2D eigenvalue weighted by molar-refractivity contribution is -0.141. The van der Waals surface area contributed by atoms with E-state index in [1.165, 1.54) is 14.2 Å². The molecule has 0 fully saturated rings. The number of carbonyl (C=O) groups excluding carboxylic acids is 2. The molecule has 2 aromatic carbocycles. The fraction of sp³-hybridized carbons (Fsp3) is 0.632. The van der Waals surface area contributed by atoms with E-state index in [1.54, 1.807) is 0 Å².